The van der Waals surface area contributed by atoms with Crippen LogP contribution in [0.25, 0.3) is 0 Å². The molecule has 0 saturated carbocycles. The van der Waals surface area contributed by atoms with Gasteiger partial charge in [0.05, 0.1) is 10.6 Å². The number of nitrogens with two attached hydrogens (primary N) is 2. The molecule has 0 bridgehead atoms. The minimum atomic E-state index is -3.68. The number of nitrogens with zero attached hydrogens (tertiary/aromatic N) is 1. The van der Waals surface area contributed by atoms with Crippen LogP contribution in [0.4, 0.5) is 17.2 Å². The normalized spacial score (nSPS) is 11.3. The highest BCUT2D eigenvalue weighted by Crippen LogP contribution is 2.21. The zero-order valence-corrected chi connectivity index (χ0v) is 11.1. The number of rotatable bonds is 3. The maximum atomic E-state index is 11.1. The van der Waals surface area contributed by atoms with Crippen LogP contribution in [0.1, 0.15) is 5.69 Å². The Morgan fingerprint density at radius 1 is 1.11 bits per heavy atom. The Morgan fingerprint density at radius 3 is 2.32 bits per heavy atom. The summed E-state index contributed by atoms with van der Waals surface area (Å²) in [7, 11) is -3.68. The summed E-state index contributed by atoms with van der Waals surface area (Å²) in [5, 5.41) is 8.04. The molecule has 0 aliphatic rings. The first-order valence-electron chi connectivity index (χ1n) is 5.49. The highest BCUT2D eigenvalue weighted by Gasteiger charge is 2.07. The molecule has 0 atom stereocenters. The average Bonchev–Trinajstić information content (AvgIpc) is 2.33. The molecule has 1 heterocycles. The lowest BCUT2D eigenvalue weighted by molar-refractivity contribution is 0.598. The molecule has 0 amide bonds. The Kier molecular flexibility index (Phi) is 3.41. The maximum absolute atomic E-state index is 11.1. The van der Waals surface area contributed by atoms with E-state index in [4.69, 9.17) is 10.9 Å². The van der Waals surface area contributed by atoms with Crippen LogP contribution in [0.3, 0.4) is 0 Å². The molecule has 19 heavy (non-hydrogen) atoms. The SMILES string of the molecule is Cc1ccc(N)c(Nc2ccc(S(N)(=O)=O)cc2)n1. The molecule has 0 saturated heterocycles. The average molecular weight is 278 g/mol. The van der Waals surface area contributed by atoms with E-state index < -0.39 is 10.0 Å². The van der Waals surface area contributed by atoms with Crippen LogP contribution in [-0.4, -0.2) is 13.4 Å². The van der Waals surface area contributed by atoms with Crippen molar-refractivity contribution in [2.45, 2.75) is 11.8 Å². The van der Waals surface area contributed by atoms with Gasteiger partial charge in [-0.2, -0.15) is 0 Å². The number of benzene rings is 1. The predicted octanol–water partition coefficient (Wildman–Crippen LogP) is 1.36. The number of aromatic nitrogens is 1. The van der Waals surface area contributed by atoms with Crippen LogP contribution in [0.5, 0.6) is 0 Å². The van der Waals surface area contributed by atoms with Gasteiger partial charge in [0.1, 0.15) is 0 Å². The molecular weight excluding hydrogens is 264 g/mol. The van der Waals surface area contributed by atoms with E-state index in [0.29, 0.717) is 17.2 Å². The second-order valence-electron chi connectivity index (χ2n) is 4.08. The highest BCUT2D eigenvalue weighted by atomic mass is 32.2. The summed E-state index contributed by atoms with van der Waals surface area (Å²) in [5.41, 5.74) is 7.82. The van der Waals surface area contributed by atoms with Crippen molar-refractivity contribution in [3.63, 3.8) is 0 Å². The van der Waals surface area contributed by atoms with E-state index in [1.165, 1.54) is 12.1 Å². The van der Waals surface area contributed by atoms with Gasteiger partial charge in [0, 0.05) is 11.4 Å². The fourth-order valence-electron chi connectivity index (χ4n) is 1.53. The van der Waals surface area contributed by atoms with E-state index in [2.05, 4.69) is 10.3 Å². The van der Waals surface area contributed by atoms with Crippen molar-refractivity contribution in [2.75, 3.05) is 11.1 Å². The molecule has 6 nitrogen and oxygen atoms in total. The van der Waals surface area contributed by atoms with Crippen molar-refractivity contribution in [2.24, 2.45) is 5.14 Å². The summed E-state index contributed by atoms with van der Waals surface area (Å²) in [6.45, 7) is 1.86. The lowest BCUT2D eigenvalue weighted by Gasteiger charge is -2.09. The molecule has 2 rings (SSSR count). The lowest BCUT2D eigenvalue weighted by Crippen LogP contribution is -2.11. The topological polar surface area (TPSA) is 111 Å². The number of nitrogen functional groups attached to an aromatic ring is 1. The summed E-state index contributed by atoms with van der Waals surface area (Å²) in [5.74, 6) is 0.531. The van der Waals surface area contributed by atoms with Crippen LogP contribution in [0, 0.1) is 6.92 Å². The van der Waals surface area contributed by atoms with Crippen LogP contribution in [-0.2, 0) is 10.0 Å². The molecular formula is C12H14N4O2S. The van der Waals surface area contributed by atoms with Crippen molar-refractivity contribution >= 4 is 27.2 Å². The van der Waals surface area contributed by atoms with Gasteiger partial charge in [-0.05, 0) is 43.3 Å². The third-order valence-corrected chi connectivity index (χ3v) is 3.44. The standard InChI is InChI=1S/C12H14N4O2S/c1-8-2-7-11(13)12(15-8)16-9-3-5-10(6-4-9)19(14,17)18/h2-7H,13H2,1H3,(H,15,16)(H2,14,17,18). The molecule has 0 unspecified atom stereocenters. The Hall–Kier alpha value is -2.12. The van der Waals surface area contributed by atoms with E-state index in [1.807, 2.05) is 13.0 Å². The molecule has 100 valence electrons. The van der Waals surface area contributed by atoms with Crippen LogP contribution in [0.15, 0.2) is 41.3 Å². The Labute approximate surface area is 111 Å². The third-order valence-electron chi connectivity index (χ3n) is 2.51. The molecule has 7 heteroatoms. The van der Waals surface area contributed by atoms with Gasteiger partial charge in [0.25, 0.3) is 0 Å². The summed E-state index contributed by atoms with van der Waals surface area (Å²) in [6, 6.07) is 9.60. The van der Waals surface area contributed by atoms with Gasteiger partial charge < -0.3 is 11.1 Å². The van der Waals surface area contributed by atoms with Gasteiger partial charge >= 0.3 is 0 Å². The maximum Gasteiger partial charge on any atom is 0.238 e. The fraction of sp³-hybridized carbons (Fsp3) is 0.0833. The largest absolute Gasteiger partial charge is 0.396 e. The molecule has 0 fully saturated rings. The quantitative estimate of drug-likeness (QED) is 0.785. The zero-order chi connectivity index (χ0) is 14.0. The van der Waals surface area contributed by atoms with Crippen molar-refractivity contribution in [1.82, 2.24) is 4.98 Å². The van der Waals surface area contributed by atoms with Gasteiger partial charge in [-0.3, -0.25) is 0 Å². The number of pyridine rings is 1. The Bertz CT molecular complexity index is 696. The van der Waals surface area contributed by atoms with E-state index >= 15 is 0 Å². The van der Waals surface area contributed by atoms with E-state index in [0.717, 1.165) is 5.69 Å². The Balaban J connectivity index is 2.27. The lowest BCUT2D eigenvalue weighted by atomic mass is 10.3. The van der Waals surface area contributed by atoms with Crippen molar-refractivity contribution in [3.05, 3.63) is 42.1 Å². The van der Waals surface area contributed by atoms with Gasteiger partial charge in [0.15, 0.2) is 5.82 Å². The minimum Gasteiger partial charge on any atom is -0.396 e. The monoisotopic (exact) mass is 278 g/mol. The van der Waals surface area contributed by atoms with Gasteiger partial charge in [-0.1, -0.05) is 0 Å². The van der Waals surface area contributed by atoms with Crippen LogP contribution < -0.4 is 16.2 Å². The van der Waals surface area contributed by atoms with Gasteiger partial charge in [-0.15, -0.1) is 0 Å². The van der Waals surface area contributed by atoms with E-state index in [9.17, 15) is 8.42 Å². The van der Waals surface area contributed by atoms with Gasteiger partial charge in [-0.25, -0.2) is 18.5 Å². The first kappa shape index (κ1) is 13.3. The minimum absolute atomic E-state index is 0.0585. The van der Waals surface area contributed by atoms with Gasteiger partial charge in [0.2, 0.25) is 10.0 Å². The molecule has 1 aromatic carbocycles. The summed E-state index contributed by atoms with van der Waals surface area (Å²) in [4.78, 5) is 4.32. The van der Waals surface area contributed by atoms with Crippen LogP contribution >= 0.6 is 0 Å². The number of hydrogen-bond acceptors (Lipinski definition) is 5. The number of primary sulfonamides is 1. The number of sulfonamides is 1. The smallest absolute Gasteiger partial charge is 0.238 e. The molecule has 2 aromatic rings. The zero-order valence-electron chi connectivity index (χ0n) is 10.3. The molecule has 0 aliphatic carbocycles. The molecule has 0 spiro atoms. The van der Waals surface area contributed by atoms with Crippen molar-refractivity contribution in [1.29, 1.82) is 0 Å². The summed E-state index contributed by atoms with van der Waals surface area (Å²) >= 11 is 0. The van der Waals surface area contributed by atoms with E-state index in [-0.39, 0.29) is 4.90 Å². The molecule has 1 aromatic heterocycles. The number of hydrogen-bond donors (Lipinski definition) is 3. The van der Waals surface area contributed by atoms with Crippen molar-refractivity contribution < 1.29 is 8.42 Å². The van der Waals surface area contributed by atoms with E-state index in [1.54, 1.807) is 18.2 Å². The third kappa shape index (κ3) is 3.21. The first-order valence-corrected chi connectivity index (χ1v) is 7.04. The molecule has 0 radical (unpaired) electrons. The molecule has 0 aliphatic heterocycles. The first-order chi connectivity index (χ1) is 8.86. The second kappa shape index (κ2) is 4.87. The predicted molar refractivity (Wildman–Crippen MR) is 74.5 cm³/mol. The number of nitrogens with one attached hydrogen (secondary N) is 1. The summed E-state index contributed by atoms with van der Waals surface area (Å²) < 4.78 is 22.3. The number of aryl methyl sites for hydroxylation is 1. The number of anilines is 3. The second-order valence-corrected chi connectivity index (χ2v) is 5.65. The molecule has 5 N–H and O–H groups in total. The Morgan fingerprint density at radius 2 is 1.74 bits per heavy atom. The highest BCUT2D eigenvalue weighted by molar-refractivity contribution is 7.89. The summed E-state index contributed by atoms with van der Waals surface area (Å²) in [6.07, 6.45) is 0. The van der Waals surface area contributed by atoms with Crippen LogP contribution in [0.2, 0.25) is 0 Å². The fourth-order valence-corrected chi connectivity index (χ4v) is 2.05. The van der Waals surface area contributed by atoms with Crippen molar-refractivity contribution in [3.8, 4) is 0 Å².